The Labute approximate surface area is 127 Å². The average Bonchev–Trinajstić information content (AvgIpc) is 2.75. The zero-order valence-corrected chi connectivity index (χ0v) is 13.7. The monoisotopic (exact) mass is 292 g/mol. The maximum Gasteiger partial charge on any atom is 0.127 e. The number of aryl methyl sites for hydroxylation is 2. The van der Waals surface area contributed by atoms with Crippen LogP contribution in [0.5, 0.6) is 0 Å². The number of hydrogen-bond acceptors (Lipinski definition) is 1. The van der Waals surface area contributed by atoms with Gasteiger partial charge in [-0.3, -0.25) is 0 Å². The molecular formula is C17H25ClN2. The molecule has 0 saturated carbocycles. The summed E-state index contributed by atoms with van der Waals surface area (Å²) in [6.45, 7) is 9.69. The van der Waals surface area contributed by atoms with E-state index in [2.05, 4.69) is 43.5 Å². The largest absolute Gasteiger partial charge is 0.327 e. The molecule has 3 heteroatoms. The van der Waals surface area contributed by atoms with Gasteiger partial charge in [0, 0.05) is 6.54 Å². The predicted octanol–water partition coefficient (Wildman–Crippen LogP) is 5.47. The van der Waals surface area contributed by atoms with E-state index in [0.29, 0.717) is 0 Å². The van der Waals surface area contributed by atoms with Crippen LogP contribution in [0.1, 0.15) is 56.8 Å². The molecular weight excluding hydrogens is 268 g/mol. The van der Waals surface area contributed by atoms with E-state index in [1.165, 1.54) is 30.3 Å². The molecule has 2 nitrogen and oxygen atoms in total. The molecule has 2 aromatic rings. The summed E-state index contributed by atoms with van der Waals surface area (Å²) in [6.07, 6.45) is 3.74. The summed E-state index contributed by atoms with van der Waals surface area (Å²) < 4.78 is 2.31. The Morgan fingerprint density at radius 2 is 1.95 bits per heavy atom. The molecule has 0 N–H and O–H groups in total. The van der Waals surface area contributed by atoms with Gasteiger partial charge in [0.05, 0.1) is 16.4 Å². The number of aromatic nitrogens is 2. The minimum absolute atomic E-state index is 0.0492. The lowest BCUT2D eigenvalue weighted by Crippen LogP contribution is -2.05. The third-order valence-corrected chi connectivity index (χ3v) is 3.97. The van der Waals surface area contributed by atoms with Gasteiger partial charge in [-0.2, -0.15) is 0 Å². The van der Waals surface area contributed by atoms with E-state index in [4.69, 9.17) is 16.6 Å². The molecule has 0 bridgehead atoms. The zero-order valence-electron chi connectivity index (χ0n) is 13.0. The minimum Gasteiger partial charge on any atom is -0.327 e. The van der Waals surface area contributed by atoms with Gasteiger partial charge in [0.25, 0.3) is 0 Å². The van der Waals surface area contributed by atoms with Crippen LogP contribution in [-0.4, -0.2) is 9.55 Å². The van der Waals surface area contributed by atoms with Gasteiger partial charge in [0.2, 0.25) is 0 Å². The highest BCUT2D eigenvalue weighted by molar-refractivity contribution is 6.20. The Morgan fingerprint density at radius 1 is 1.20 bits per heavy atom. The van der Waals surface area contributed by atoms with Crippen molar-refractivity contribution in [2.75, 3.05) is 0 Å². The van der Waals surface area contributed by atoms with Gasteiger partial charge >= 0.3 is 0 Å². The molecule has 2 rings (SSSR count). The Hall–Kier alpha value is -1.02. The number of para-hydroxylation sites is 1. The SMILES string of the molecule is Cc1cccc2c1nc(C(C)Cl)n2CCCCC(C)C. The maximum absolute atomic E-state index is 6.31. The normalized spacial score (nSPS) is 13.3. The summed E-state index contributed by atoms with van der Waals surface area (Å²) in [5.74, 6) is 1.78. The van der Waals surface area contributed by atoms with E-state index >= 15 is 0 Å². The van der Waals surface area contributed by atoms with E-state index < -0.39 is 0 Å². The number of alkyl halides is 1. The average molecular weight is 293 g/mol. The second-order valence-corrected chi connectivity index (χ2v) is 6.72. The number of nitrogens with zero attached hydrogens (tertiary/aromatic N) is 2. The number of halogens is 1. The van der Waals surface area contributed by atoms with Crippen molar-refractivity contribution < 1.29 is 0 Å². The highest BCUT2D eigenvalue weighted by Gasteiger charge is 2.15. The van der Waals surface area contributed by atoms with Crippen LogP contribution in [0.4, 0.5) is 0 Å². The molecule has 0 saturated heterocycles. The minimum atomic E-state index is -0.0492. The molecule has 0 aliphatic heterocycles. The Kier molecular flexibility index (Phi) is 5.09. The number of hydrogen-bond donors (Lipinski definition) is 0. The maximum atomic E-state index is 6.31. The van der Waals surface area contributed by atoms with E-state index in [1.54, 1.807) is 0 Å². The summed E-state index contributed by atoms with van der Waals surface area (Å²) >= 11 is 6.31. The lowest BCUT2D eigenvalue weighted by atomic mass is 10.1. The quantitative estimate of drug-likeness (QED) is 0.510. The predicted molar refractivity (Wildman–Crippen MR) is 87.4 cm³/mol. The highest BCUT2D eigenvalue weighted by Crippen LogP contribution is 2.27. The number of fused-ring (bicyclic) bond motifs is 1. The van der Waals surface area contributed by atoms with Crippen molar-refractivity contribution in [2.24, 2.45) is 5.92 Å². The molecule has 0 aliphatic carbocycles. The number of rotatable bonds is 6. The van der Waals surface area contributed by atoms with Crippen LogP contribution in [-0.2, 0) is 6.54 Å². The smallest absolute Gasteiger partial charge is 0.127 e. The lowest BCUT2D eigenvalue weighted by molar-refractivity contribution is 0.507. The third kappa shape index (κ3) is 3.35. The van der Waals surface area contributed by atoms with Gasteiger partial charge in [0.1, 0.15) is 5.82 Å². The highest BCUT2D eigenvalue weighted by atomic mass is 35.5. The molecule has 1 aromatic carbocycles. The van der Waals surface area contributed by atoms with Crippen molar-refractivity contribution in [3.63, 3.8) is 0 Å². The number of imidazole rings is 1. The molecule has 0 aliphatic rings. The molecule has 110 valence electrons. The van der Waals surface area contributed by atoms with Crippen LogP contribution in [0.2, 0.25) is 0 Å². The van der Waals surface area contributed by atoms with Gasteiger partial charge in [-0.25, -0.2) is 4.98 Å². The Morgan fingerprint density at radius 3 is 2.60 bits per heavy atom. The molecule has 1 unspecified atom stereocenters. The lowest BCUT2D eigenvalue weighted by Gasteiger charge is -2.11. The van der Waals surface area contributed by atoms with Crippen LogP contribution >= 0.6 is 11.6 Å². The van der Waals surface area contributed by atoms with E-state index in [0.717, 1.165) is 23.8 Å². The molecule has 20 heavy (non-hydrogen) atoms. The Balaban J connectivity index is 2.25. The first-order chi connectivity index (χ1) is 9.50. The van der Waals surface area contributed by atoms with Gasteiger partial charge < -0.3 is 4.57 Å². The van der Waals surface area contributed by atoms with Crippen molar-refractivity contribution in [3.05, 3.63) is 29.6 Å². The van der Waals surface area contributed by atoms with Crippen LogP contribution in [0, 0.1) is 12.8 Å². The van der Waals surface area contributed by atoms with Crippen LogP contribution in [0.25, 0.3) is 11.0 Å². The van der Waals surface area contributed by atoms with Crippen molar-refractivity contribution in [1.29, 1.82) is 0 Å². The first-order valence-electron chi connectivity index (χ1n) is 7.60. The van der Waals surface area contributed by atoms with Gasteiger partial charge in [-0.1, -0.05) is 38.8 Å². The van der Waals surface area contributed by atoms with E-state index in [9.17, 15) is 0 Å². The first kappa shape index (κ1) is 15.4. The molecule has 0 fully saturated rings. The van der Waals surface area contributed by atoms with Crippen molar-refractivity contribution in [3.8, 4) is 0 Å². The fraction of sp³-hybridized carbons (Fsp3) is 0.588. The molecule has 1 aromatic heterocycles. The summed E-state index contributed by atoms with van der Waals surface area (Å²) in [7, 11) is 0. The zero-order chi connectivity index (χ0) is 14.7. The van der Waals surface area contributed by atoms with Crippen molar-refractivity contribution in [2.45, 2.75) is 58.9 Å². The first-order valence-corrected chi connectivity index (χ1v) is 8.04. The topological polar surface area (TPSA) is 17.8 Å². The number of benzene rings is 1. The van der Waals surface area contributed by atoms with Crippen LogP contribution in [0.3, 0.4) is 0 Å². The molecule has 0 radical (unpaired) electrons. The van der Waals surface area contributed by atoms with Gasteiger partial charge in [-0.15, -0.1) is 11.6 Å². The van der Waals surface area contributed by atoms with Crippen molar-refractivity contribution >= 4 is 22.6 Å². The summed E-state index contributed by atoms with van der Waals surface area (Å²) in [5.41, 5.74) is 3.54. The van der Waals surface area contributed by atoms with Crippen LogP contribution < -0.4 is 0 Å². The Bertz CT molecular complexity index is 570. The summed E-state index contributed by atoms with van der Waals surface area (Å²) in [6, 6.07) is 6.37. The fourth-order valence-electron chi connectivity index (χ4n) is 2.67. The number of unbranched alkanes of at least 4 members (excludes halogenated alkanes) is 1. The summed E-state index contributed by atoms with van der Waals surface area (Å²) in [5, 5.41) is -0.0492. The molecule has 1 heterocycles. The fourth-order valence-corrected chi connectivity index (χ4v) is 2.83. The van der Waals surface area contributed by atoms with Gasteiger partial charge in [-0.05, 0) is 37.8 Å². The second kappa shape index (κ2) is 6.62. The van der Waals surface area contributed by atoms with Crippen molar-refractivity contribution in [1.82, 2.24) is 9.55 Å². The third-order valence-electron chi connectivity index (χ3n) is 3.78. The molecule has 0 amide bonds. The van der Waals surface area contributed by atoms with E-state index in [-0.39, 0.29) is 5.38 Å². The van der Waals surface area contributed by atoms with E-state index in [1.807, 2.05) is 6.92 Å². The standard InChI is InChI=1S/C17H25ClN2/c1-12(2)8-5-6-11-20-15-10-7-9-13(3)16(15)19-17(20)14(4)18/h7,9-10,12,14H,5-6,8,11H2,1-4H3. The molecule has 0 spiro atoms. The van der Waals surface area contributed by atoms with Gasteiger partial charge in [0.15, 0.2) is 0 Å². The van der Waals surface area contributed by atoms with Crippen LogP contribution in [0.15, 0.2) is 18.2 Å². The molecule has 1 atom stereocenters. The second-order valence-electron chi connectivity index (χ2n) is 6.07. The summed E-state index contributed by atoms with van der Waals surface area (Å²) in [4.78, 5) is 4.76.